The van der Waals surface area contributed by atoms with Crippen molar-refractivity contribution < 1.29 is 20.1 Å². The molecule has 6 nitrogen and oxygen atoms in total. The smallest absolute Gasteiger partial charge is 0.252 e. The summed E-state index contributed by atoms with van der Waals surface area (Å²) in [5, 5.41) is 29.7. The maximum Gasteiger partial charge on any atom is 0.252 e. The van der Waals surface area contributed by atoms with Crippen molar-refractivity contribution >= 4 is 27.5 Å². The number of aliphatic hydroxyl groups is 3. The number of benzene rings is 1. The molecule has 0 atom stereocenters. The molecule has 0 bridgehead atoms. The number of amides is 1. The van der Waals surface area contributed by atoms with E-state index in [1.165, 1.54) is 12.1 Å². The van der Waals surface area contributed by atoms with Gasteiger partial charge in [-0.15, -0.1) is 0 Å². The first-order valence-corrected chi connectivity index (χ1v) is 5.97. The highest BCUT2D eigenvalue weighted by Gasteiger charge is 2.30. The van der Waals surface area contributed by atoms with E-state index in [4.69, 9.17) is 21.1 Å². The Kier molecular flexibility index (Phi) is 5.09. The summed E-state index contributed by atoms with van der Waals surface area (Å²) in [5.74, 6) is -0.536. The van der Waals surface area contributed by atoms with Crippen LogP contribution in [0, 0.1) is 0 Å². The van der Waals surface area contributed by atoms with Gasteiger partial charge in [0.25, 0.3) is 5.91 Å². The molecule has 0 saturated heterocycles. The number of halogens is 1. The number of hydrogen-bond acceptors (Lipinski definition) is 5. The van der Waals surface area contributed by atoms with Crippen LogP contribution in [-0.4, -0.2) is 46.6 Å². The third-order valence-corrected chi connectivity index (χ3v) is 3.27. The van der Waals surface area contributed by atoms with E-state index in [0.29, 0.717) is 10.2 Å². The Morgan fingerprint density at radius 1 is 1.28 bits per heavy atom. The molecule has 0 radical (unpaired) electrons. The molecule has 0 spiro atoms. The second-order valence-corrected chi connectivity index (χ2v) is 4.80. The summed E-state index contributed by atoms with van der Waals surface area (Å²) in [6, 6.07) is 4.60. The van der Waals surface area contributed by atoms with Gasteiger partial charge in [0.1, 0.15) is 5.54 Å². The monoisotopic (exact) mass is 318 g/mol. The van der Waals surface area contributed by atoms with Crippen LogP contribution < -0.4 is 11.1 Å². The average Bonchev–Trinajstić information content (AvgIpc) is 2.39. The number of nitrogens with one attached hydrogen (secondary N) is 1. The van der Waals surface area contributed by atoms with Gasteiger partial charge in [-0.25, -0.2) is 0 Å². The predicted molar refractivity (Wildman–Crippen MR) is 70.0 cm³/mol. The summed E-state index contributed by atoms with van der Waals surface area (Å²) in [4.78, 5) is 11.9. The van der Waals surface area contributed by atoms with E-state index in [0.717, 1.165) is 0 Å². The van der Waals surface area contributed by atoms with Crippen LogP contribution in [0.25, 0.3) is 0 Å². The van der Waals surface area contributed by atoms with Crippen LogP contribution in [0.2, 0.25) is 0 Å². The quantitative estimate of drug-likeness (QED) is 0.468. The lowest BCUT2D eigenvalue weighted by molar-refractivity contribution is 0.0375. The molecule has 100 valence electrons. The molecule has 6 N–H and O–H groups in total. The van der Waals surface area contributed by atoms with Crippen molar-refractivity contribution in [3.63, 3.8) is 0 Å². The number of carbonyl (C=O) groups excluding carboxylic acids is 1. The topological polar surface area (TPSA) is 116 Å². The number of nitrogen functional groups attached to an aromatic ring is 1. The Bertz CT molecular complexity index is 427. The molecule has 0 aliphatic carbocycles. The Morgan fingerprint density at radius 2 is 1.83 bits per heavy atom. The fourth-order valence-corrected chi connectivity index (χ4v) is 1.51. The van der Waals surface area contributed by atoms with Gasteiger partial charge in [0.2, 0.25) is 0 Å². The second kappa shape index (κ2) is 6.14. The molecule has 0 aromatic heterocycles. The standard InChI is InChI=1S/C11H15BrN2O4/c12-8-2-1-7(3-9(8)13)10(18)14-11(4-15,5-16)6-17/h1-3,15-17H,4-6,13H2,(H,14,18). The number of anilines is 1. The highest BCUT2D eigenvalue weighted by atomic mass is 79.9. The van der Waals surface area contributed by atoms with Crippen LogP contribution in [0.3, 0.4) is 0 Å². The van der Waals surface area contributed by atoms with Crippen molar-refractivity contribution in [1.29, 1.82) is 0 Å². The largest absolute Gasteiger partial charge is 0.398 e. The zero-order valence-corrected chi connectivity index (χ0v) is 11.1. The number of rotatable bonds is 5. The minimum atomic E-state index is -1.45. The van der Waals surface area contributed by atoms with Crippen LogP contribution in [0.4, 0.5) is 5.69 Å². The summed E-state index contributed by atoms with van der Waals surface area (Å²) in [5.41, 5.74) is 4.87. The van der Waals surface area contributed by atoms with E-state index in [9.17, 15) is 4.79 Å². The van der Waals surface area contributed by atoms with Crippen molar-refractivity contribution in [2.45, 2.75) is 5.54 Å². The lowest BCUT2D eigenvalue weighted by Crippen LogP contribution is -2.57. The van der Waals surface area contributed by atoms with Crippen molar-refractivity contribution in [1.82, 2.24) is 5.32 Å². The molecular weight excluding hydrogens is 304 g/mol. The van der Waals surface area contributed by atoms with Gasteiger partial charge >= 0.3 is 0 Å². The van der Waals surface area contributed by atoms with E-state index in [-0.39, 0.29) is 5.56 Å². The Hall–Kier alpha value is -1.15. The maximum atomic E-state index is 11.9. The maximum absolute atomic E-state index is 11.9. The second-order valence-electron chi connectivity index (χ2n) is 3.95. The van der Waals surface area contributed by atoms with E-state index < -0.39 is 31.3 Å². The third-order valence-electron chi connectivity index (χ3n) is 2.54. The molecule has 18 heavy (non-hydrogen) atoms. The molecule has 0 aliphatic heterocycles. The summed E-state index contributed by atoms with van der Waals surface area (Å²) in [6.07, 6.45) is 0. The molecule has 1 aromatic rings. The van der Waals surface area contributed by atoms with E-state index in [2.05, 4.69) is 21.2 Å². The van der Waals surface area contributed by atoms with Gasteiger partial charge in [0.05, 0.1) is 19.8 Å². The fraction of sp³-hybridized carbons (Fsp3) is 0.364. The van der Waals surface area contributed by atoms with E-state index in [1.807, 2.05) is 0 Å². The minimum Gasteiger partial charge on any atom is -0.398 e. The molecule has 0 saturated carbocycles. The molecule has 0 fully saturated rings. The van der Waals surface area contributed by atoms with Crippen molar-refractivity contribution in [2.24, 2.45) is 0 Å². The highest BCUT2D eigenvalue weighted by Crippen LogP contribution is 2.20. The Labute approximate surface area is 113 Å². The molecular formula is C11H15BrN2O4. The fourth-order valence-electron chi connectivity index (χ4n) is 1.27. The Morgan fingerprint density at radius 3 is 2.28 bits per heavy atom. The molecule has 0 aliphatic rings. The zero-order valence-electron chi connectivity index (χ0n) is 9.56. The van der Waals surface area contributed by atoms with Crippen LogP contribution >= 0.6 is 15.9 Å². The molecule has 1 amide bonds. The molecule has 7 heteroatoms. The SMILES string of the molecule is Nc1cc(C(=O)NC(CO)(CO)CO)ccc1Br. The number of nitrogens with two attached hydrogens (primary N) is 1. The van der Waals surface area contributed by atoms with Gasteiger partial charge in [-0.1, -0.05) is 0 Å². The lowest BCUT2D eigenvalue weighted by Gasteiger charge is -2.28. The summed E-state index contributed by atoms with van der Waals surface area (Å²) in [7, 11) is 0. The lowest BCUT2D eigenvalue weighted by atomic mass is 10.0. The zero-order chi connectivity index (χ0) is 13.8. The van der Waals surface area contributed by atoms with Gasteiger partial charge < -0.3 is 26.4 Å². The van der Waals surface area contributed by atoms with Gasteiger partial charge in [-0.05, 0) is 34.1 Å². The summed E-state index contributed by atoms with van der Waals surface area (Å²) >= 11 is 3.20. The van der Waals surface area contributed by atoms with Crippen LogP contribution in [0.1, 0.15) is 10.4 Å². The number of hydrogen-bond donors (Lipinski definition) is 5. The molecule has 1 rings (SSSR count). The Balaban J connectivity index is 2.90. The first-order chi connectivity index (χ1) is 8.48. The van der Waals surface area contributed by atoms with Gasteiger partial charge in [-0.2, -0.15) is 0 Å². The minimum absolute atomic E-state index is 0.274. The van der Waals surface area contributed by atoms with E-state index in [1.54, 1.807) is 6.07 Å². The van der Waals surface area contributed by atoms with Crippen molar-refractivity contribution in [2.75, 3.05) is 25.6 Å². The van der Waals surface area contributed by atoms with Gasteiger partial charge in [0, 0.05) is 15.7 Å². The van der Waals surface area contributed by atoms with Crippen LogP contribution in [0.5, 0.6) is 0 Å². The van der Waals surface area contributed by atoms with Crippen molar-refractivity contribution in [3.05, 3.63) is 28.2 Å². The average molecular weight is 319 g/mol. The van der Waals surface area contributed by atoms with E-state index >= 15 is 0 Å². The van der Waals surface area contributed by atoms with Crippen molar-refractivity contribution in [3.8, 4) is 0 Å². The molecule has 1 aromatic carbocycles. The molecule has 0 heterocycles. The van der Waals surface area contributed by atoms with Crippen LogP contribution in [0.15, 0.2) is 22.7 Å². The summed E-state index contributed by atoms with van der Waals surface area (Å²) in [6.45, 7) is -1.72. The van der Waals surface area contributed by atoms with Gasteiger partial charge in [-0.3, -0.25) is 4.79 Å². The first-order valence-electron chi connectivity index (χ1n) is 5.18. The third kappa shape index (κ3) is 3.20. The van der Waals surface area contributed by atoms with Gasteiger partial charge in [0.15, 0.2) is 0 Å². The van der Waals surface area contributed by atoms with Crippen LogP contribution in [-0.2, 0) is 0 Å². The highest BCUT2D eigenvalue weighted by molar-refractivity contribution is 9.10. The summed E-state index contributed by atoms with van der Waals surface area (Å²) < 4.78 is 0.664. The first kappa shape index (κ1) is 14.9. The number of carbonyl (C=O) groups is 1. The molecule has 0 unspecified atom stereocenters. The predicted octanol–water partition coefficient (Wildman–Crippen LogP) is -0.523. The number of aliphatic hydroxyl groups excluding tert-OH is 3. The normalized spacial score (nSPS) is 11.3.